The van der Waals surface area contributed by atoms with Gasteiger partial charge in [0.15, 0.2) is 5.76 Å². The molecule has 2 heterocycles. The molecule has 0 spiro atoms. The van der Waals surface area contributed by atoms with Gasteiger partial charge in [-0.1, -0.05) is 31.0 Å². The van der Waals surface area contributed by atoms with E-state index in [0.29, 0.717) is 11.3 Å². The van der Waals surface area contributed by atoms with Gasteiger partial charge in [0.25, 0.3) is 11.8 Å². The van der Waals surface area contributed by atoms with Crippen molar-refractivity contribution in [2.24, 2.45) is 5.10 Å². The van der Waals surface area contributed by atoms with Gasteiger partial charge in [-0.05, 0) is 51.2 Å². The lowest BCUT2D eigenvalue weighted by atomic mass is 9.93. The summed E-state index contributed by atoms with van der Waals surface area (Å²) in [6, 6.07) is 7.44. The van der Waals surface area contributed by atoms with Crippen LogP contribution in [0.3, 0.4) is 0 Å². The zero-order valence-corrected chi connectivity index (χ0v) is 17.8. The minimum absolute atomic E-state index is 0.0212. The second-order valence-electron chi connectivity index (χ2n) is 8.23. The fourth-order valence-electron chi connectivity index (χ4n) is 4.41. The van der Waals surface area contributed by atoms with Gasteiger partial charge in [-0.15, -0.1) is 0 Å². The number of hydrogen-bond donors (Lipinski definition) is 1. The van der Waals surface area contributed by atoms with E-state index in [1.807, 2.05) is 36.9 Å². The van der Waals surface area contributed by atoms with E-state index in [2.05, 4.69) is 10.5 Å². The predicted molar refractivity (Wildman–Crippen MR) is 116 cm³/mol. The van der Waals surface area contributed by atoms with E-state index in [1.165, 1.54) is 12.8 Å². The summed E-state index contributed by atoms with van der Waals surface area (Å²) in [6.45, 7) is 5.41. The predicted octanol–water partition coefficient (Wildman–Crippen LogP) is 4.38. The van der Waals surface area contributed by atoms with Crippen molar-refractivity contribution in [3.05, 3.63) is 58.0 Å². The van der Waals surface area contributed by atoms with Gasteiger partial charge in [-0.3, -0.25) is 9.59 Å². The zero-order chi connectivity index (χ0) is 21.1. The van der Waals surface area contributed by atoms with Crippen molar-refractivity contribution in [2.45, 2.75) is 58.8 Å². The van der Waals surface area contributed by atoms with Crippen LogP contribution in [0, 0.1) is 13.8 Å². The van der Waals surface area contributed by atoms with E-state index in [9.17, 15) is 9.59 Å². The van der Waals surface area contributed by atoms with Crippen molar-refractivity contribution in [2.75, 3.05) is 13.1 Å². The standard InChI is InChI=1S/C24H29N3O3/c1-16-10-5-6-11-18(16)23(28)26-25-19-12-9-13-20-21(19)17(2)22(30-20)24(29)27-14-7-3-4-8-15-27/h5-6,10-11H,3-4,7-9,12-15H2,1-2H3,(H,26,28)/b25-19+. The maximum Gasteiger partial charge on any atom is 0.289 e. The molecule has 6 nitrogen and oxygen atoms in total. The molecule has 1 fully saturated rings. The lowest BCUT2D eigenvalue weighted by molar-refractivity contribution is 0.0726. The number of nitrogens with zero attached hydrogens (tertiary/aromatic N) is 2. The van der Waals surface area contributed by atoms with Crippen LogP contribution in [0.5, 0.6) is 0 Å². The Kier molecular flexibility index (Phi) is 6.02. The third kappa shape index (κ3) is 4.04. The van der Waals surface area contributed by atoms with Crippen molar-refractivity contribution >= 4 is 17.5 Å². The first-order valence-corrected chi connectivity index (χ1v) is 10.9. The number of fused-ring (bicyclic) bond motifs is 1. The van der Waals surface area contributed by atoms with Crippen LogP contribution in [0.4, 0.5) is 0 Å². The molecule has 1 aliphatic heterocycles. The molecule has 0 unspecified atom stereocenters. The molecule has 2 aliphatic rings. The summed E-state index contributed by atoms with van der Waals surface area (Å²) in [4.78, 5) is 27.6. The second kappa shape index (κ2) is 8.86. The molecular weight excluding hydrogens is 378 g/mol. The number of hydrogen-bond acceptors (Lipinski definition) is 4. The Morgan fingerprint density at radius 3 is 2.47 bits per heavy atom. The molecule has 1 N–H and O–H groups in total. The van der Waals surface area contributed by atoms with Gasteiger partial charge in [-0.25, -0.2) is 5.43 Å². The van der Waals surface area contributed by atoms with Crippen LogP contribution in [0.25, 0.3) is 0 Å². The summed E-state index contributed by atoms with van der Waals surface area (Å²) in [5, 5.41) is 4.44. The molecule has 0 bridgehead atoms. The molecular formula is C24H29N3O3. The van der Waals surface area contributed by atoms with E-state index < -0.39 is 0 Å². The largest absolute Gasteiger partial charge is 0.455 e. The average molecular weight is 408 g/mol. The highest BCUT2D eigenvalue weighted by atomic mass is 16.4. The molecule has 30 heavy (non-hydrogen) atoms. The molecule has 1 aromatic heterocycles. The fourth-order valence-corrected chi connectivity index (χ4v) is 4.41. The first-order chi connectivity index (χ1) is 14.6. The van der Waals surface area contributed by atoms with Gasteiger partial charge in [0.2, 0.25) is 0 Å². The number of benzene rings is 1. The highest BCUT2D eigenvalue weighted by molar-refractivity contribution is 6.07. The number of aryl methyl sites for hydroxylation is 2. The number of carbonyl (C=O) groups excluding carboxylic acids is 2. The van der Waals surface area contributed by atoms with E-state index in [4.69, 9.17) is 4.42 Å². The van der Waals surface area contributed by atoms with Gasteiger partial charge < -0.3 is 9.32 Å². The summed E-state index contributed by atoms with van der Waals surface area (Å²) in [5.74, 6) is 0.990. The number of furan rings is 1. The Labute approximate surface area is 177 Å². The van der Waals surface area contributed by atoms with E-state index in [0.717, 1.165) is 73.4 Å². The topological polar surface area (TPSA) is 74.9 Å². The summed E-state index contributed by atoms with van der Waals surface area (Å²) >= 11 is 0. The van der Waals surface area contributed by atoms with Crippen LogP contribution in [0.2, 0.25) is 0 Å². The van der Waals surface area contributed by atoms with Crippen LogP contribution in [-0.4, -0.2) is 35.5 Å². The fraction of sp³-hybridized carbons (Fsp3) is 0.458. The third-order valence-corrected chi connectivity index (χ3v) is 6.10. The Balaban J connectivity index is 1.58. The minimum atomic E-state index is -0.227. The maximum atomic E-state index is 13.1. The Morgan fingerprint density at radius 1 is 1.00 bits per heavy atom. The molecule has 2 aromatic rings. The Hall–Kier alpha value is -2.89. The van der Waals surface area contributed by atoms with Crippen molar-refractivity contribution in [1.82, 2.24) is 10.3 Å². The highest BCUT2D eigenvalue weighted by Gasteiger charge is 2.30. The molecule has 158 valence electrons. The van der Waals surface area contributed by atoms with E-state index >= 15 is 0 Å². The highest BCUT2D eigenvalue weighted by Crippen LogP contribution is 2.31. The second-order valence-corrected chi connectivity index (χ2v) is 8.23. The van der Waals surface area contributed by atoms with Crippen LogP contribution < -0.4 is 5.43 Å². The number of carbonyl (C=O) groups is 2. The molecule has 1 aliphatic carbocycles. The van der Waals surface area contributed by atoms with Crippen molar-refractivity contribution in [1.29, 1.82) is 0 Å². The van der Waals surface area contributed by atoms with Gasteiger partial charge in [-0.2, -0.15) is 5.10 Å². The van der Waals surface area contributed by atoms with Gasteiger partial charge >= 0.3 is 0 Å². The van der Waals surface area contributed by atoms with Gasteiger partial charge in [0.1, 0.15) is 5.76 Å². The number of amides is 2. The molecule has 0 saturated carbocycles. The van der Waals surface area contributed by atoms with Crippen molar-refractivity contribution in [3.63, 3.8) is 0 Å². The van der Waals surface area contributed by atoms with Crippen LogP contribution in [0.1, 0.15) is 81.9 Å². The molecule has 0 atom stereocenters. The van der Waals surface area contributed by atoms with Crippen LogP contribution >= 0.6 is 0 Å². The van der Waals surface area contributed by atoms with Gasteiger partial charge in [0.05, 0.1) is 5.71 Å². The molecule has 1 aromatic carbocycles. The average Bonchev–Trinajstić information content (AvgIpc) is 2.93. The summed E-state index contributed by atoms with van der Waals surface area (Å²) in [6.07, 6.45) is 6.86. The number of likely N-dealkylation sites (tertiary alicyclic amines) is 1. The number of nitrogens with one attached hydrogen (secondary N) is 1. The van der Waals surface area contributed by atoms with Crippen LogP contribution in [0.15, 0.2) is 33.8 Å². The molecule has 0 radical (unpaired) electrons. The first-order valence-electron chi connectivity index (χ1n) is 10.9. The first kappa shape index (κ1) is 20.4. The Morgan fingerprint density at radius 2 is 1.73 bits per heavy atom. The van der Waals surface area contributed by atoms with E-state index in [1.54, 1.807) is 6.07 Å². The molecule has 6 heteroatoms. The third-order valence-electron chi connectivity index (χ3n) is 6.10. The van der Waals surface area contributed by atoms with Crippen molar-refractivity contribution < 1.29 is 14.0 Å². The molecule has 1 saturated heterocycles. The van der Waals surface area contributed by atoms with E-state index in [-0.39, 0.29) is 11.8 Å². The maximum absolute atomic E-state index is 13.1. The lowest BCUT2D eigenvalue weighted by Crippen LogP contribution is -2.32. The SMILES string of the molecule is Cc1ccccc1C(=O)N/N=C1\CCCc2oc(C(=O)N3CCCCCC3)c(C)c21. The summed E-state index contributed by atoms with van der Waals surface area (Å²) in [5.41, 5.74) is 6.73. The number of rotatable bonds is 3. The molecule has 2 amide bonds. The lowest BCUT2D eigenvalue weighted by Gasteiger charge is -2.19. The quantitative estimate of drug-likeness (QED) is 0.767. The molecule has 4 rings (SSSR count). The van der Waals surface area contributed by atoms with Crippen LogP contribution in [-0.2, 0) is 6.42 Å². The smallest absolute Gasteiger partial charge is 0.289 e. The minimum Gasteiger partial charge on any atom is -0.455 e. The Bertz CT molecular complexity index is 982. The normalized spacial score (nSPS) is 18.1. The summed E-state index contributed by atoms with van der Waals surface area (Å²) < 4.78 is 6.05. The summed E-state index contributed by atoms with van der Waals surface area (Å²) in [7, 11) is 0. The van der Waals surface area contributed by atoms with Crippen molar-refractivity contribution in [3.8, 4) is 0 Å². The zero-order valence-electron chi connectivity index (χ0n) is 17.8. The number of hydrazone groups is 1. The van der Waals surface area contributed by atoms with Gasteiger partial charge in [0, 0.05) is 36.2 Å². The monoisotopic (exact) mass is 407 g/mol.